The normalized spacial score (nSPS) is 35.7. The number of cyclic esters (lactones) is 1. The van der Waals surface area contributed by atoms with E-state index >= 15 is 0 Å². The Morgan fingerprint density at radius 3 is 2.36 bits per heavy atom. The van der Waals surface area contributed by atoms with Gasteiger partial charge in [-0.3, -0.25) is 0 Å². The molecule has 0 radical (unpaired) electrons. The number of rotatable bonds is 3. The Morgan fingerprint density at radius 1 is 1.32 bits per heavy atom. The number of hydrogen-bond donors (Lipinski definition) is 1. The topological polar surface area (TPSA) is 74.2 Å². The summed E-state index contributed by atoms with van der Waals surface area (Å²) in [6.45, 7) is 14.2. The summed E-state index contributed by atoms with van der Waals surface area (Å²) in [5, 5.41) is 10.4. The minimum atomic E-state index is -2.18. The molecule has 1 N–H and O–H groups in total. The van der Waals surface area contributed by atoms with Gasteiger partial charge >= 0.3 is 5.97 Å². The van der Waals surface area contributed by atoms with E-state index in [1.165, 1.54) is 0 Å². The predicted octanol–water partition coefficient (Wildman–Crippen LogP) is 1.81. The molecule has 22 heavy (non-hydrogen) atoms. The van der Waals surface area contributed by atoms with Gasteiger partial charge < -0.3 is 23.7 Å². The number of carbonyl (C=O) groups is 1. The zero-order valence-electron chi connectivity index (χ0n) is 14.5. The third-order valence-corrected chi connectivity index (χ3v) is 9.21. The lowest BCUT2D eigenvalue weighted by molar-refractivity contribution is -0.166. The van der Waals surface area contributed by atoms with E-state index in [1.54, 1.807) is 13.8 Å². The molecule has 0 aliphatic carbocycles. The molecule has 128 valence electrons. The molecule has 4 atom stereocenters. The number of esters is 1. The van der Waals surface area contributed by atoms with Crippen molar-refractivity contribution in [2.75, 3.05) is 6.61 Å². The summed E-state index contributed by atoms with van der Waals surface area (Å²) in [5.41, 5.74) is 0. The number of carbonyl (C=O) groups excluding carboxylic acids is 1. The van der Waals surface area contributed by atoms with E-state index in [0.29, 0.717) is 0 Å². The summed E-state index contributed by atoms with van der Waals surface area (Å²) in [6, 6.07) is 0. The van der Waals surface area contributed by atoms with Crippen molar-refractivity contribution < 1.29 is 28.5 Å². The highest BCUT2D eigenvalue weighted by Crippen LogP contribution is 2.39. The van der Waals surface area contributed by atoms with Crippen LogP contribution in [0.15, 0.2) is 0 Å². The second-order valence-electron chi connectivity index (χ2n) is 8.06. The van der Waals surface area contributed by atoms with Crippen molar-refractivity contribution in [3.63, 3.8) is 0 Å². The molecule has 7 heteroatoms. The molecule has 0 unspecified atom stereocenters. The van der Waals surface area contributed by atoms with Crippen LogP contribution in [0.4, 0.5) is 0 Å². The van der Waals surface area contributed by atoms with E-state index in [0.717, 1.165) is 0 Å². The fourth-order valence-corrected chi connectivity index (χ4v) is 3.59. The van der Waals surface area contributed by atoms with Crippen LogP contribution in [0, 0.1) is 0 Å². The highest BCUT2D eigenvalue weighted by Gasteiger charge is 2.54. The molecule has 0 bridgehead atoms. The number of ether oxygens (including phenoxy) is 3. The van der Waals surface area contributed by atoms with Gasteiger partial charge in [-0.25, -0.2) is 4.79 Å². The van der Waals surface area contributed by atoms with Gasteiger partial charge in [0.1, 0.15) is 12.2 Å². The van der Waals surface area contributed by atoms with Crippen molar-refractivity contribution in [3.8, 4) is 0 Å². The lowest BCUT2D eigenvalue weighted by atomic mass is 10.1. The maximum absolute atomic E-state index is 12.1. The summed E-state index contributed by atoms with van der Waals surface area (Å²) in [6.07, 6.45) is -3.20. The molecule has 2 saturated heterocycles. The van der Waals surface area contributed by atoms with Crippen molar-refractivity contribution in [1.82, 2.24) is 0 Å². The Labute approximate surface area is 133 Å². The molecule has 0 spiro atoms. The van der Waals surface area contributed by atoms with E-state index in [4.69, 9.17) is 18.6 Å². The standard InChI is InChI=1S/C15H28O6Si/c1-14(2,3)22(6,7)21-12-10(16)11(19-13(12)17)9-8-18-15(4,5)20-9/h9-12,16H,8H2,1-7H3/t9-,10+,11-,12-/m1/s1. The van der Waals surface area contributed by atoms with Crippen LogP contribution in [0.3, 0.4) is 0 Å². The van der Waals surface area contributed by atoms with Crippen molar-refractivity contribution in [3.05, 3.63) is 0 Å². The Hall–Kier alpha value is -0.473. The van der Waals surface area contributed by atoms with Crippen LogP contribution >= 0.6 is 0 Å². The maximum atomic E-state index is 12.1. The van der Waals surface area contributed by atoms with E-state index in [1.807, 2.05) is 13.1 Å². The van der Waals surface area contributed by atoms with Crippen molar-refractivity contribution in [1.29, 1.82) is 0 Å². The monoisotopic (exact) mass is 332 g/mol. The maximum Gasteiger partial charge on any atom is 0.337 e. The first-order chi connectivity index (χ1) is 9.84. The highest BCUT2D eigenvalue weighted by molar-refractivity contribution is 6.74. The molecular formula is C15H28O6Si. The largest absolute Gasteiger partial charge is 0.455 e. The molecule has 2 rings (SSSR count). The average Bonchev–Trinajstić information content (AvgIpc) is 2.82. The fourth-order valence-electron chi connectivity index (χ4n) is 2.37. The molecule has 0 amide bonds. The van der Waals surface area contributed by atoms with Crippen molar-refractivity contribution >= 4 is 14.3 Å². The first-order valence-corrected chi connectivity index (χ1v) is 10.6. The Bertz CT molecular complexity index is 442. The molecule has 2 heterocycles. The Balaban J connectivity index is 2.08. The van der Waals surface area contributed by atoms with Gasteiger partial charge in [0.25, 0.3) is 0 Å². The summed E-state index contributed by atoms with van der Waals surface area (Å²) >= 11 is 0. The van der Waals surface area contributed by atoms with E-state index in [9.17, 15) is 9.90 Å². The third kappa shape index (κ3) is 3.38. The second-order valence-corrected chi connectivity index (χ2v) is 12.8. The SMILES string of the molecule is CC1(C)OC[C@H]([C@H]2OC(=O)[C@H](O[Si](C)(C)C(C)(C)C)[C@H]2O)O1. The van der Waals surface area contributed by atoms with Crippen LogP contribution in [0.2, 0.25) is 18.1 Å². The Morgan fingerprint density at radius 2 is 1.91 bits per heavy atom. The molecule has 0 aromatic carbocycles. The molecule has 0 aromatic rings. The molecule has 2 aliphatic rings. The van der Waals surface area contributed by atoms with Crippen LogP contribution in [0.5, 0.6) is 0 Å². The van der Waals surface area contributed by atoms with Gasteiger partial charge in [-0.05, 0) is 32.0 Å². The Kier molecular flexibility index (Phi) is 4.52. The van der Waals surface area contributed by atoms with Crippen molar-refractivity contribution in [2.24, 2.45) is 0 Å². The van der Waals surface area contributed by atoms with Crippen LogP contribution in [-0.4, -0.2) is 56.2 Å². The lowest BCUT2D eigenvalue weighted by Gasteiger charge is -2.38. The summed E-state index contributed by atoms with van der Waals surface area (Å²) in [5.74, 6) is -1.24. The van der Waals surface area contributed by atoms with Crippen LogP contribution in [0.1, 0.15) is 34.6 Å². The number of aliphatic hydroxyl groups is 1. The first-order valence-electron chi connectivity index (χ1n) is 7.72. The van der Waals surface area contributed by atoms with Crippen LogP contribution in [-0.2, 0) is 23.4 Å². The molecule has 0 saturated carbocycles. The first kappa shape index (κ1) is 17.9. The lowest BCUT2D eigenvalue weighted by Crippen LogP contribution is -2.49. The minimum absolute atomic E-state index is 0.0555. The summed E-state index contributed by atoms with van der Waals surface area (Å²) in [7, 11) is -2.18. The van der Waals surface area contributed by atoms with Gasteiger partial charge in [-0.15, -0.1) is 0 Å². The molecule has 2 aliphatic heterocycles. The smallest absolute Gasteiger partial charge is 0.337 e. The minimum Gasteiger partial charge on any atom is -0.455 e. The molecule has 6 nitrogen and oxygen atoms in total. The van der Waals surface area contributed by atoms with Crippen LogP contribution < -0.4 is 0 Å². The van der Waals surface area contributed by atoms with Crippen molar-refractivity contribution in [2.45, 2.75) is 83.0 Å². The summed E-state index contributed by atoms with van der Waals surface area (Å²) in [4.78, 5) is 12.1. The third-order valence-electron chi connectivity index (χ3n) is 4.76. The molecule has 0 aromatic heterocycles. The number of aliphatic hydroxyl groups excluding tert-OH is 1. The number of hydrogen-bond acceptors (Lipinski definition) is 6. The molecular weight excluding hydrogens is 304 g/mol. The zero-order valence-corrected chi connectivity index (χ0v) is 15.5. The van der Waals surface area contributed by atoms with E-state index in [-0.39, 0.29) is 11.6 Å². The van der Waals surface area contributed by atoms with Gasteiger partial charge in [-0.2, -0.15) is 0 Å². The molecule has 2 fully saturated rings. The highest BCUT2D eigenvalue weighted by atomic mass is 28.4. The van der Waals surface area contributed by atoms with Gasteiger partial charge in [0.05, 0.1) is 6.61 Å². The summed E-state index contributed by atoms with van der Waals surface area (Å²) < 4.78 is 22.5. The van der Waals surface area contributed by atoms with Gasteiger partial charge in [0.2, 0.25) is 0 Å². The predicted molar refractivity (Wildman–Crippen MR) is 82.9 cm³/mol. The van der Waals surface area contributed by atoms with Gasteiger partial charge in [0, 0.05) is 0 Å². The zero-order chi connectivity index (χ0) is 16.9. The second kappa shape index (κ2) is 5.56. The van der Waals surface area contributed by atoms with Crippen LogP contribution in [0.25, 0.3) is 0 Å². The average molecular weight is 332 g/mol. The van der Waals surface area contributed by atoms with E-state index in [2.05, 4.69) is 20.8 Å². The quantitative estimate of drug-likeness (QED) is 0.628. The van der Waals surface area contributed by atoms with Gasteiger partial charge in [-0.1, -0.05) is 20.8 Å². The van der Waals surface area contributed by atoms with E-state index < -0.39 is 44.5 Å². The van der Waals surface area contributed by atoms with Gasteiger partial charge in [0.15, 0.2) is 26.3 Å². The fraction of sp³-hybridized carbons (Fsp3) is 0.933.